The number of hydrogen-bond donors (Lipinski definition) is 4. The third-order valence-corrected chi connectivity index (χ3v) is 4.73. The van der Waals surface area contributed by atoms with E-state index in [0.29, 0.717) is 25.8 Å². The van der Waals surface area contributed by atoms with Crippen molar-refractivity contribution in [3.8, 4) is 0 Å². The summed E-state index contributed by atoms with van der Waals surface area (Å²) in [4.78, 5) is 49.9. The molecule has 3 amide bonds. The van der Waals surface area contributed by atoms with Crippen LogP contribution < -0.4 is 10.8 Å². The summed E-state index contributed by atoms with van der Waals surface area (Å²) in [5.74, 6) is -3.37. The fraction of sp³-hybridized carbons (Fsp3) is 0.778. The zero-order valence-electron chi connectivity index (χ0n) is 16.4. The first-order valence-electron chi connectivity index (χ1n) is 9.35. The highest BCUT2D eigenvalue weighted by atomic mass is 16.5. The maximum Gasteiger partial charge on any atom is 0.326 e. The van der Waals surface area contributed by atoms with Gasteiger partial charge in [-0.1, -0.05) is 27.7 Å². The van der Waals surface area contributed by atoms with Gasteiger partial charge in [0.15, 0.2) is 0 Å². The molecule has 0 aromatic carbocycles. The van der Waals surface area contributed by atoms with Gasteiger partial charge in [-0.25, -0.2) is 10.3 Å². The average Bonchev–Trinajstić information content (AvgIpc) is 3.06. The van der Waals surface area contributed by atoms with E-state index in [0.717, 1.165) is 0 Å². The first-order valence-corrected chi connectivity index (χ1v) is 9.35. The normalized spacial score (nSPS) is 19.1. The van der Waals surface area contributed by atoms with Crippen molar-refractivity contribution in [3.05, 3.63) is 0 Å². The van der Waals surface area contributed by atoms with Gasteiger partial charge in [0, 0.05) is 18.9 Å². The molecule has 0 spiro atoms. The summed E-state index contributed by atoms with van der Waals surface area (Å²) in [6.45, 7) is 7.62. The number of hydrogen-bond acceptors (Lipinski definition) is 5. The molecule has 0 unspecified atom stereocenters. The number of carboxylic acid groups (broad SMARTS) is 1. The molecule has 27 heavy (non-hydrogen) atoms. The van der Waals surface area contributed by atoms with Crippen molar-refractivity contribution in [2.24, 2.45) is 17.8 Å². The second-order valence-corrected chi connectivity index (χ2v) is 7.82. The number of amides is 3. The molecule has 3 atom stereocenters. The second-order valence-electron chi connectivity index (χ2n) is 7.82. The van der Waals surface area contributed by atoms with E-state index in [1.807, 2.05) is 13.8 Å². The molecule has 1 aliphatic heterocycles. The number of nitrogens with one attached hydrogen (secondary N) is 2. The van der Waals surface area contributed by atoms with E-state index >= 15 is 0 Å². The minimum absolute atomic E-state index is 0.151. The van der Waals surface area contributed by atoms with Crippen molar-refractivity contribution < 1.29 is 29.5 Å². The Labute approximate surface area is 159 Å². The van der Waals surface area contributed by atoms with Crippen LogP contribution in [-0.2, 0) is 19.2 Å². The zero-order valence-corrected chi connectivity index (χ0v) is 16.4. The summed E-state index contributed by atoms with van der Waals surface area (Å²) < 4.78 is 0. The number of carbonyl (C=O) groups is 4. The largest absolute Gasteiger partial charge is 0.480 e. The van der Waals surface area contributed by atoms with E-state index in [9.17, 15) is 24.3 Å². The average molecular weight is 385 g/mol. The molecule has 1 rings (SSSR count). The van der Waals surface area contributed by atoms with Crippen LogP contribution in [0.4, 0.5) is 0 Å². The van der Waals surface area contributed by atoms with Crippen molar-refractivity contribution in [3.63, 3.8) is 0 Å². The van der Waals surface area contributed by atoms with Gasteiger partial charge < -0.3 is 15.3 Å². The predicted octanol–water partition coefficient (Wildman–Crippen LogP) is 0.761. The van der Waals surface area contributed by atoms with Crippen LogP contribution in [0.25, 0.3) is 0 Å². The van der Waals surface area contributed by atoms with Gasteiger partial charge in [0.25, 0.3) is 0 Å². The predicted molar refractivity (Wildman–Crippen MR) is 96.6 cm³/mol. The lowest BCUT2D eigenvalue weighted by Crippen LogP contribution is -2.53. The zero-order chi connectivity index (χ0) is 20.7. The molecule has 9 nitrogen and oxygen atoms in total. The summed E-state index contributed by atoms with van der Waals surface area (Å²) in [6.07, 6.45) is 1.36. The number of nitrogens with zero attached hydrogens (tertiary/aromatic N) is 1. The molecule has 0 aromatic heterocycles. The van der Waals surface area contributed by atoms with E-state index in [-0.39, 0.29) is 24.2 Å². The molecule has 0 aromatic rings. The molecule has 0 bridgehead atoms. The van der Waals surface area contributed by atoms with Gasteiger partial charge in [-0.05, 0) is 31.1 Å². The van der Waals surface area contributed by atoms with Crippen LogP contribution in [0.1, 0.15) is 53.4 Å². The second kappa shape index (κ2) is 10.2. The number of hydroxylamine groups is 1. The summed E-state index contributed by atoms with van der Waals surface area (Å²) in [5, 5.41) is 20.5. The fourth-order valence-corrected chi connectivity index (χ4v) is 3.41. The Morgan fingerprint density at radius 3 is 2.26 bits per heavy atom. The summed E-state index contributed by atoms with van der Waals surface area (Å²) in [5.41, 5.74) is 1.54. The number of aliphatic carboxylic acids is 1. The first kappa shape index (κ1) is 22.9. The Bertz CT molecular complexity index is 563. The van der Waals surface area contributed by atoms with Crippen molar-refractivity contribution in [1.29, 1.82) is 0 Å². The van der Waals surface area contributed by atoms with Gasteiger partial charge in [0.1, 0.15) is 12.1 Å². The van der Waals surface area contributed by atoms with Gasteiger partial charge in [0.05, 0.1) is 0 Å². The highest BCUT2D eigenvalue weighted by Gasteiger charge is 2.39. The molecule has 1 aliphatic rings. The Morgan fingerprint density at radius 1 is 1.15 bits per heavy atom. The van der Waals surface area contributed by atoms with Crippen molar-refractivity contribution in [2.45, 2.75) is 65.5 Å². The van der Waals surface area contributed by atoms with Gasteiger partial charge in [-0.15, -0.1) is 0 Å². The molecule has 154 valence electrons. The summed E-state index contributed by atoms with van der Waals surface area (Å²) in [7, 11) is 0. The summed E-state index contributed by atoms with van der Waals surface area (Å²) >= 11 is 0. The molecular formula is C18H31N3O6. The van der Waals surface area contributed by atoms with Crippen LogP contribution in [-0.4, -0.2) is 57.5 Å². The van der Waals surface area contributed by atoms with E-state index in [2.05, 4.69) is 5.32 Å². The third kappa shape index (κ3) is 6.50. The lowest BCUT2D eigenvalue weighted by molar-refractivity contribution is -0.147. The fourth-order valence-electron chi connectivity index (χ4n) is 3.41. The topological polar surface area (TPSA) is 136 Å². The summed E-state index contributed by atoms with van der Waals surface area (Å²) in [6, 6.07) is -1.77. The van der Waals surface area contributed by atoms with Gasteiger partial charge >= 0.3 is 5.97 Å². The molecular weight excluding hydrogens is 354 g/mol. The lowest BCUT2D eigenvalue weighted by Gasteiger charge is -2.30. The smallest absolute Gasteiger partial charge is 0.326 e. The van der Waals surface area contributed by atoms with Crippen molar-refractivity contribution >= 4 is 23.7 Å². The first-order chi connectivity index (χ1) is 12.6. The lowest BCUT2D eigenvalue weighted by atomic mass is 9.92. The molecule has 1 heterocycles. The van der Waals surface area contributed by atoms with Crippen LogP contribution in [0.3, 0.4) is 0 Å². The number of likely N-dealkylation sites (tertiary alicyclic amines) is 1. The maximum absolute atomic E-state index is 13.0. The molecule has 0 saturated carbocycles. The Morgan fingerprint density at radius 2 is 1.78 bits per heavy atom. The quantitative estimate of drug-likeness (QED) is 0.342. The Hall–Kier alpha value is -2.16. The third-order valence-electron chi connectivity index (χ3n) is 4.73. The van der Waals surface area contributed by atoms with Gasteiger partial charge in [-0.3, -0.25) is 19.6 Å². The van der Waals surface area contributed by atoms with Crippen molar-refractivity contribution in [1.82, 2.24) is 15.7 Å². The van der Waals surface area contributed by atoms with Crippen LogP contribution in [0, 0.1) is 17.8 Å². The number of carboxylic acids is 1. The highest BCUT2D eigenvalue weighted by Crippen LogP contribution is 2.25. The number of rotatable bonds is 9. The highest BCUT2D eigenvalue weighted by molar-refractivity contribution is 5.92. The Kier molecular flexibility index (Phi) is 8.68. The minimum Gasteiger partial charge on any atom is -0.480 e. The van der Waals surface area contributed by atoms with E-state index in [4.69, 9.17) is 5.21 Å². The maximum atomic E-state index is 13.0. The molecule has 0 radical (unpaired) electrons. The van der Waals surface area contributed by atoms with Crippen LogP contribution in [0.2, 0.25) is 0 Å². The van der Waals surface area contributed by atoms with E-state index < -0.39 is 35.8 Å². The van der Waals surface area contributed by atoms with Gasteiger partial charge in [-0.2, -0.15) is 0 Å². The van der Waals surface area contributed by atoms with Crippen molar-refractivity contribution in [2.75, 3.05) is 6.54 Å². The molecule has 4 N–H and O–H groups in total. The minimum atomic E-state index is -1.12. The van der Waals surface area contributed by atoms with E-state index in [1.165, 1.54) is 4.90 Å². The standard InChI is InChI=1S/C18H31N3O6/c1-10(2)8-12(9-14(22)20-27)17(24)21-7-5-6-13(21)16(23)19-15(11(3)4)18(25)26/h10-13,15,27H,5-9H2,1-4H3,(H,19,23)(H,20,22)(H,25,26)/t12-,13+,15+/m1/s1. The van der Waals surface area contributed by atoms with Crippen LogP contribution in [0.5, 0.6) is 0 Å². The molecule has 9 heteroatoms. The molecule has 1 saturated heterocycles. The van der Waals surface area contributed by atoms with Gasteiger partial charge in [0.2, 0.25) is 17.7 Å². The van der Waals surface area contributed by atoms with Crippen LogP contribution in [0.15, 0.2) is 0 Å². The SMILES string of the molecule is CC(C)C[C@H](CC(=O)NO)C(=O)N1CCC[C@H]1C(=O)N[C@H](C(=O)O)C(C)C. The monoisotopic (exact) mass is 385 g/mol. The molecule has 1 fully saturated rings. The molecule has 0 aliphatic carbocycles. The van der Waals surface area contributed by atoms with Crippen LogP contribution >= 0.6 is 0 Å². The Balaban J connectivity index is 2.91. The number of carbonyl (C=O) groups excluding carboxylic acids is 3. The van der Waals surface area contributed by atoms with E-state index in [1.54, 1.807) is 19.3 Å².